The van der Waals surface area contributed by atoms with Crippen molar-refractivity contribution in [1.82, 2.24) is 10.0 Å². The number of halogens is 1. The molecule has 0 radical (unpaired) electrons. The lowest BCUT2D eigenvalue weighted by Crippen LogP contribution is -2.38. The summed E-state index contributed by atoms with van der Waals surface area (Å²) in [5.74, 6) is -0.687. The molecule has 1 amide bonds. The normalized spacial score (nSPS) is 20.2. The number of carbonyl (C=O) groups excluding carboxylic acids is 1. The van der Waals surface area contributed by atoms with Crippen LogP contribution in [0.2, 0.25) is 0 Å². The van der Waals surface area contributed by atoms with Crippen molar-refractivity contribution in [2.24, 2.45) is 5.41 Å². The molecule has 1 aliphatic rings. The Hall–Kier alpha value is -1.49. The average molecular weight is 252 g/mol. The molecule has 0 aliphatic carbocycles. The monoisotopic (exact) mass is 252 g/mol. The molecular formula is C13H17FN2O2. The molecule has 1 aromatic heterocycles. The summed E-state index contributed by atoms with van der Waals surface area (Å²) >= 11 is 0. The molecule has 1 atom stereocenters. The summed E-state index contributed by atoms with van der Waals surface area (Å²) in [6.07, 6.45) is 1.98. The Balaban J connectivity index is 2.29. The van der Waals surface area contributed by atoms with Crippen molar-refractivity contribution in [1.29, 1.82) is 0 Å². The second kappa shape index (κ2) is 4.65. The van der Waals surface area contributed by atoms with Crippen molar-refractivity contribution in [2.45, 2.75) is 33.2 Å². The summed E-state index contributed by atoms with van der Waals surface area (Å²) in [6.45, 7) is 5.86. The van der Waals surface area contributed by atoms with Crippen molar-refractivity contribution < 1.29 is 14.0 Å². The molecule has 4 nitrogen and oxygen atoms in total. The topological polar surface area (TPSA) is 42.4 Å². The zero-order chi connectivity index (χ0) is 13.3. The van der Waals surface area contributed by atoms with Crippen LogP contribution in [0, 0.1) is 11.4 Å². The third-order valence-electron chi connectivity index (χ3n) is 2.89. The Labute approximate surface area is 106 Å². The lowest BCUT2D eigenvalue weighted by molar-refractivity contribution is -0.186. The Kier molecular flexibility index (Phi) is 3.34. The van der Waals surface area contributed by atoms with Crippen molar-refractivity contribution in [3.05, 3.63) is 29.8 Å². The number of hydroxylamine groups is 2. The molecule has 1 saturated heterocycles. The number of nitrogens with zero attached hydrogens (tertiary/aromatic N) is 2. The highest BCUT2D eigenvalue weighted by atomic mass is 19.1. The number of aromatic nitrogens is 1. The highest BCUT2D eigenvalue weighted by molar-refractivity contribution is 5.81. The van der Waals surface area contributed by atoms with Crippen LogP contribution in [-0.4, -0.2) is 22.6 Å². The van der Waals surface area contributed by atoms with Crippen LogP contribution < -0.4 is 0 Å². The number of amides is 1. The molecule has 1 fully saturated rings. The third kappa shape index (κ3) is 2.36. The third-order valence-corrected chi connectivity index (χ3v) is 2.89. The van der Waals surface area contributed by atoms with Gasteiger partial charge in [0.05, 0.1) is 12.6 Å². The smallest absolute Gasteiger partial charge is 0.252 e. The molecule has 0 unspecified atom stereocenters. The Bertz CT molecular complexity index is 457. The van der Waals surface area contributed by atoms with Gasteiger partial charge in [-0.3, -0.25) is 9.63 Å². The Morgan fingerprint density at radius 3 is 2.89 bits per heavy atom. The van der Waals surface area contributed by atoms with E-state index in [1.807, 2.05) is 20.8 Å². The van der Waals surface area contributed by atoms with Crippen LogP contribution in [0.3, 0.4) is 0 Å². The van der Waals surface area contributed by atoms with Gasteiger partial charge in [0, 0.05) is 23.6 Å². The van der Waals surface area contributed by atoms with Gasteiger partial charge in [-0.15, -0.1) is 0 Å². The standard InChI is InChI=1S/C13H17FN2O2/c1-13(2,3)12(17)16-10(6-8-18-16)9-5-4-7-15-11(9)14/h4-5,7,10H,6,8H2,1-3H3/t10-/m0/s1. The van der Waals surface area contributed by atoms with Crippen LogP contribution in [0.15, 0.2) is 18.3 Å². The van der Waals surface area contributed by atoms with E-state index in [1.165, 1.54) is 11.3 Å². The van der Waals surface area contributed by atoms with Crippen molar-refractivity contribution in [3.8, 4) is 0 Å². The Morgan fingerprint density at radius 2 is 2.28 bits per heavy atom. The maximum atomic E-state index is 13.7. The quantitative estimate of drug-likeness (QED) is 0.721. The fraction of sp³-hybridized carbons (Fsp3) is 0.538. The molecule has 18 heavy (non-hydrogen) atoms. The SMILES string of the molecule is CC(C)(C)C(=O)N1OCC[C@H]1c1cccnc1F. The van der Waals surface area contributed by atoms with Gasteiger partial charge in [0.1, 0.15) is 0 Å². The fourth-order valence-electron chi connectivity index (χ4n) is 1.93. The highest BCUT2D eigenvalue weighted by Gasteiger charge is 2.38. The fourth-order valence-corrected chi connectivity index (χ4v) is 1.93. The van der Waals surface area contributed by atoms with Crippen molar-refractivity contribution >= 4 is 5.91 Å². The van der Waals surface area contributed by atoms with E-state index in [-0.39, 0.29) is 11.9 Å². The van der Waals surface area contributed by atoms with E-state index in [9.17, 15) is 9.18 Å². The van der Waals surface area contributed by atoms with Gasteiger partial charge in [-0.25, -0.2) is 10.0 Å². The molecule has 0 aromatic carbocycles. The first-order valence-electron chi connectivity index (χ1n) is 5.98. The summed E-state index contributed by atoms with van der Waals surface area (Å²) in [6, 6.07) is 2.92. The van der Waals surface area contributed by atoms with E-state index in [4.69, 9.17) is 4.84 Å². The highest BCUT2D eigenvalue weighted by Crippen LogP contribution is 2.34. The largest absolute Gasteiger partial charge is 0.272 e. The van der Waals surface area contributed by atoms with Crippen LogP contribution in [-0.2, 0) is 9.63 Å². The molecule has 0 N–H and O–H groups in total. The van der Waals surface area contributed by atoms with Gasteiger partial charge in [0.25, 0.3) is 5.91 Å². The Morgan fingerprint density at radius 1 is 1.56 bits per heavy atom. The van der Waals surface area contributed by atoms with E-state index in [2.05, 4.69) is 4.98 Å². The van der Waals surface area contributed by atoms with E-state index >= 15 is 0 Å². The molecule has 2 rings (SSSR count). The van der Waals surface area contributed by atoms with Gasteiger partial charge in [0.2, 0.25) is 5.95 Å². The predicted octanol–water partition coefficient (Wildman–Crippen LogP) is 2.47. The molecule has 2 heterocycles. The molecule has 1 aromatic rings. The summed E-state index contributed by atoms with van der Waals surface area (Å²) < 4.78 is 13.7. The lowest BCUT2D eigenvalue weighted by Gasteiger charge is -2.29. The minimum Gasteiger partial charge on any atom is -0.272 e. The van der Waals surface area contributed by atoms with Crippen LogP contribution in [0.25, 0.3) is 0 Å². The van der Waals surface area contributed by atoms with Gasteiger partial charge in [-0.2, -0.15) is 4.39 Å². The number of carbonyl (C=O) groups is 1. The summed E-state index contributed by atoms with van der Waals surface area (Å²) in [4.78, 5) is 21.2. The molecule has 5 heteroatoms. The maximum Gasteiger partial charge on any atom is 0.252 e. The number of rotatable bonds is 1. The second-order valence-corrected chi connectivity index (χ2v) is 5.40. The second-order valence-electron chi connectivity index (χ2n) is 5.40. The summed E-state index contributed by atoms with van der Waals surface area (Å²) in [5, 5.41) is 1.29. The first-order chi connectivity index (χ1) is 8.41. The predicted molar refractivity (Wildman–Crippen MR) is 63.8 cm³/mol. The molecular weight excluding hydrogens is 235 g/mol. The molecule has 1 aliphatic heterocycles. The number of hydrogen-bond acceptors (Lipinski definition) is 3. The zero-order valence-electron chi connectivity index (χ0n) is 10.8. The maximum absolute atomic E-state index is 13.7. The molecule has 0 saturated carbocycles. The average Bonchev–Trinajstić information content (AvgIpc) is 2.76. The van der Waals surface area contributed by atoms with Crippen LogP contribution in [0.1, 0.15) is 38.8 Å². The zero-order valence-corrected chi connectivity index (χ0v) is 10.8. The lowest BCUT2D eigenvalue weighted by atomic mass is 9.94. The first kappa shape index (κ1) is 13.0. The van der Waals surface area contributed by atoms with Crippen molar-refractivity contribution in [3.63, 3.8) is 0 Å². The van der Waals surface area contributed by atoms with Gasteiger partial charge in [-0.1, -0.05) is 26.8 Å². The van der Waals surface area contributed by atoms with Gasteiger partial charge >= 0.3 is 0 Å². The van der Waals surface area contributed by atoms with Gasteiger partial charge in [-0.05, 0) is 6.07 Å². The van der Waals surface area contributed by atoms with E-state index < -0.39 is 11.4 Å². The van der Waals surface area contributed by atoms with Crippen molar-refractivity contribution in [2.75, 3.05) is 6.61 Å². The molecule has 98 valence electrons. The molecule has 0 spiro atoms. The molecule has 0 bridgehead atoms. The van der Waals surface area contributed by atoms with Crippen LogP contribution >= 0.6 is 0 Å². The summed E-state index contributed by atoms with van der Waals surface area (Å²) in [7, 11) is 0. The number of hydrogen-bond donors (Lipinski definition) is 0. The first-order valence-corrected chi connectivity index (χ1v) is 5.98. The van der Waals surface area contributed by atoms with Gasteiger partial charge in [0.15, 0.2) is 0 Å². The number of pyridine rings is 1. The van der Waals surface area contributed by atoms with Gasteiger partial charge < -0.3 is 0 Å². The summed E-state index contributed by atoms with van der Waals surface area (Å²) in [5.41, 5.74) is -0.144. The minimum atomic E-state index is -0.554. The van der Waals surface area contributed by atoms with Crippen LogP contribution in [0.5, 0.6) is 0 Å². The minimum absolute atomic E-state index is 0.145. The van der Waals surface area contributed by atoms with E-state index in [0.29, 0.717) is 18.6 Å². The van der Waals surface area contributed by atoms with E-state index in [0.717, 1.165) is 0 Å². The van der Waals surface area contributed by atoms with Crippen LogP contribution in [0.4, 0.5) is 4.39 Å². The van der Waals surface area contributed by atoms with E-state index in [1.54, 1.807) is 12.1 Å².